The highest BCUT2D eigenvalue weighted by Gasteiger charge is 2.16. The fraction of sp³-hybridized carbons (Fsp3) is 0.100. The molecule has 2 aromatic carbocycles. The largest absolute Gasteiger partial charge is 0.324 e. The van der Waals surface area contributed by atoms with Gasteiger partial charge >= 0.3 is 0 Å². The molecule has 0 bridgehead atoms. The Balaban J connectivity index is 1.72. The zero-order valence-corrected chi connectivity index (χ0v) is 15.0. The second kappa shape index (κ2) is 8.70. The molecule has 1 heterocycles. The minimum absolute atomic E-state index is 0.0482. The van der Waals surface area contributed by atoms with Gasteiger partial charge in [0.1, 0.15) is 0 Å². The molecule has 0 saturated heterocycles. The topological polar surface area (TPSA) is 42.0 Å². The van der Waals surface area contributed by atoms with Crippen molar-refractivity contribution >= 4 is 35.0 Å². The molecule has 0 fully saturated rings. The van der Waals surface area contributed by atoms with Crippen LogP contribution in [0.2, 0.25) is 5.02 Å². The summed E-state index contributed by atoms with van der Waals surface area (Å²) in [5, 5.41) is 3.64. The minimum atomic E-state index is -0.0482. The monoisotopic (exact) mass is 368 g/mol. The maximum Gasteiger partial charge on any atom is 0.234 e. The third kappa shape index (κ3) is 5.08. The molecule has 3 rings (SSSR count). The van der Waals surface area contributed by atoms with Crippen LogP contribution in [0, 0.1) is 0 Å². The van der Waals surface area contributed by atoms with Gasteiger partial charge in [0.15, 0.2) is 0 Å². The Labute approximate surface area is 156 Å². The van der Waals surface area contributed by atoms with Crippen LogP contribution in [-0.2, 0) is 4.79 Å². The van der Waals surface area contributed by atoms with Crippen molar-refractivity contribution in [3.05, 3.63) is 95.3 Å². The van der Waals surface area contributed by atoms with Gasteiger partial charge in [-0.1, -0.05) is 54.1 Å². The molecular formula is C20H17ClN2OS. The number of carbonyl (C=O) groups is 1. The molecule has 0 saturated carbocycles. The first-order valence-corrected chi connectivity index (χ1v) is 9.27. The van der Waals surface area contributed by atoms with Crippen molar-refractivity contribution in [2.45, 2.75) is 5.25 Å². The Hall–Kier alpha value is -2.30. The second-order valence-corrected chi connectivity index (χ2v) is 6.97. The Morgan fingerprint density at radius 1 is 1.00 bits per heavy atom. The summed E-state index contributed by atoms with van der Waals surface area (Å²) in [6, 6.07) is 21.5. The summed E-state index contributed by atoms with van der Waals surface area (Å²) in [4.78, 5) is 16.3. The summed E-state index contributed by atoms with van der Waals surface area (Å²) >= 11 is 7.59. The van der Waals surface area contributed by atoms with Crippen molar-refractivity contribution in [3.63, 3.8) is 0 Å². The maximum atomic E-state index is 12.3. The van der Waals surface area contributed by atoms with Crippen molar-refractivity contribution in [1.29, 1.82) is 0 Å². The summed E-state index contributed by atoms with van der Waals surface area (Å²) in [6.07, 6.45) is 3.31. The van der Waals surface area contributed by atoms with Crippen LogP contribution in [0.4, 0.5) is 5.69 Å². The quantitative estimate of drug-likeness (QED) is 0.650. The van der Waals surface area contributed by atoms with Gasteiger partial charge in [0.2, 0.25) is 5.91 Å². The van der Waals surface area contributed by atoms with E-state index in [4.69, 9.17) is 11.6 Å². The Morgan fingerprint density at radius 3 is 2.40 bits per heavy atom. The third-order valence-electron chi connectivity index (χ3n) is 3.60. The molecule has 0 aliphatic heterocycles. The van der Waals surface area contributed by atoms with Gasteiger partial charge in [0.25, 0.3) is 0 Å². The Bertz CT molecular complexity index is 810. The zero-order valence-electron chi connectivity index (χ0n) is 13.4. The van der Waals surface area contributed by atoms with Gasteiger partial charge in [0, 0.05) is 11.2 Å². The van der Waals surface area contributed by atoms with Gasteiger partial charge in [-0.05, 0) is 35.4 Å². The molecule has 5 heteroatoms. The smallest absolute Gasteiger partial charge is 0.234 e. The van der Waals surface area contributed by atoms with Crippen LogP contribution in [0.5, 0.6) is 0 Å². The van der Waals surface area contributed by atoms with Crippen LogP contribution in [0.15, 0.2) is 79.1 Å². The Kier molecular flexibility index (Phi) is 6.09. The molecule has 1 aromatic heterocycles. The number of benzene rings is 2. The number of hydrogen-bond donors (Lipinski definition) is 1. The summed E-state index contributed by atoms with van der Waals surface area (Å²) in [6.45, 7) is 0. The van der Waals surface area contributed by atoms with Crippen LogP contribution in [-0.4, -0.2) is 16.6 Å². The lowest BCUT2D eigenvalue weighted by Gasteiger charge is -2.17. The molecule has 25 heavy (non-hydrogen) atoms. The summed E-state index contributed by atoms with van der Waals surface area (Å²) in [7, 11) is 0. The van der Waals surface area contributed by atoms with Gasteiger partial charge in [-0.25, -0.2) is 0 Å². The number of pyridine rings is 1. The number of amides is 1. The predicted molar refractivity (Wildman–Crippen MR) is 105 cm³/mol. The van der Waals surface area contributed by atoms with Crippen molar-refractivity contribution < 1.29 is 4.79 Å². The van der Waals surface area contributed by atoms with E-state index in [0.717, 1.165) is 11.1 Å². The predicted octanol–water partition coefficient (Wildman–Crippen LogP) is 5.20. The molecule has 0 aliphatic carbocycles. The van der Waals surface area contributed by atoms with E-state index in [2.05, 4.69) is 22.4 Å². The van der Waals surface area contributed by atoms with Crippen molar-refractivity contribution in [2.24, 2.45) is 0 Å². The summed E-state index contributed by atoms with van der Waals surface area (Å²) < 4.78 is 0. The molecule has 126 valence electrons. The highest BCUT2D eigenvalue weighted by Crippen LogP contribution is 2.36. The molecule has 0 radical (unpaired) electrons. The summed E-state index contributed by atoms with van der Waals surface area (Å²) in [5.74, 6) is 0.296. The molecule has 0 spiro atoms. The molecule has 0 aliphatic rings. The third-order valence-corrected chi connectivity index (χ3v) is 5.16. The van der Waals surface area contributed by atoms with Crippen molar-refractivity contribution in [2.75, 3.05) is 11.1 Å². The number of aromatic nitrogens is 1. The highest BCUT2D eigenvalue weighted by atomic mass is 35.5. The maximum absolute atomic E-state index is 12.3. The van der Waals surface area contributed by atoms with Gasteiger partial charge in [-0.2, -0.15) is 0 Å². The van der Waals surface area contributed by atoms with E-state index in [0.29, 0.717) is 16.5 Å². The number of nitrogens with zero attached hydrogens (tertiary/aromatic N) is 1. The first-order valence-electron chi connectivity index (χ1n) is 7.84. The zero-order chi connectivity index (χ0) is 17.5. The summed E-state index contributed by atoms with van der Waals surface area (Å²) in [5.41, 5.74) is 2.98. The van der Waals surface area contributed by atoms with Gasteiger partial charge in [0.05, 0.1) is 22.9 Å². The number of nitrogens with one attached hydrogen (secondary N) is 1. The first kappa shape index (κ1) is 17.5. The number of hydrogen-bond acceptors (Lipinski definition) is 3. The average Bonchev–Trinajstić information content (AvgIpc) is 2.65. The molecule has 1 unspecified atom stereocenters. The van der Waals surface area contributed by atoms with E-state index < -0.39 is 0 Å². The van der Waals surface area contributed by atoms with Crippen LogP contribution >= 0.6 is 23.4 Å². The molecule has 1 atom stereocenters. The molecular weight excluding hydrogens is 352 g/mol. The standard InChI is InChI=1S/C20H17ClN2OS/c21-17-10-8-16(9-11-17)20(15-5-2-1-3-6-15)25-14-19(24)23-18-7-4-12-22-13-18/h1-13,20H,14H2,(H,23,24). The average molecular weight is 369 g/mol. The number of thioether (sulfide) groups is 1. The van der Waals surface area contributed by atoms with E-state index >= 15 is 0 Å². The lowest BCUT2D eigenvalue weighted by Crippen LogP contribution is -2.15. The van der Waals surface area contributed by atoms with E-state index in [1.54, 1.807) is 30.2 Å². The van der Waals surface area contributed by atoms with E-state index in [9.17, 15) is 4.79 Å². The number of halogens is 1. The number of carbonyl (C=O) groups excluding carboxylic acids is 1. The van der Waals surface area contributed by atoms with Gasteiger partial charge in [-0.3, -0.25) is 9.78 Å². The number of anilines is 1. The van der Waals surface area contributed by atoms with E-state index in [1.165, 1.54) is 0 Å². The lowest BCUT2D eigenvalue weighted by molar-refractivity contribution is -0.113. The fourth-order valence-corrected chi connectivity index (χ4v) is 3.66. The highest BCUT2D eigenvalue weighted by molar-refractivity contribution is 8.00. The van der Waals surface area contributed by atoms with E-state index in [1.807, 2.05) is 48.5 Å². The fourth-order valence-electron chi connectivity index (χ4n) is 2.44. The van der Waals surface area contributed by atoms with Crippen LogP contribution in [0.1, 0.15) is 16.4 Å². The molecule has 3 aromatic rings. The van der Waals surface area contributed by atoms with Crippen molar-refractivity contribution in [1.82, 2.24) is 4.98 Å². The van der Waals surface area contributed by atoms with Crippen LogP contribution in [0.3, 0.4) is 0 Å². The lowest BCUT2D eigenvalue weighted by atomic mass is 10.0. The van der Waals surface area contributed by atoms with Gasteiger partial charge < -0.3 is 5.32 Å². The first-order chi connectivity index (χ1) is 12.2. The van der Waals surface area contributed by atoms with Crippen LogP contribution in [0.25, 0.3) is 0 Å². The number of rotatable bonds is 6. The second-order valence-electron chi connectivity index (χ2n) is 5.44. The molecule has 1 N–H and O–H groups in total. The van der Waals surface area contributed by atoms with Crippen molar-refractivity contribution in [3.8, 4) is 0 Å². The molecule has 3 nitrogen and oxygen atoms in total. The SMILES string of the molecule is O=C(CSC(c1ccccc1)c1ccc(Cl)cc1)Nc1cccnc1. The van der Waals surface area contributed by atoms with Gasteiger partial charge in [-0.15, -0.1) is 11.8 Å². The van der Waals surface area contributed by atoms with Crippen LogP contribution < -0.4 is 5.32 Å². The molecule has 1 amide bonds. The van der Waals surface area contributed by atoms with E-state index in [-0.39, 0.29) is 11.2 Å². The minimum Gasteiger partial charge on any atom is -0.324 e. The Morgan fingerprint density at radius 2 is 1.72 bits per heavy atom. The normalized spacial score (nSPS) is 11.7.